The maximum absolute atomic E-state index is 14.0. The molecule has 4 nitrogen and oxygen atoms in total. The van der Waals surface area contributed by atoms with E-state index >= 15 is 0 Å². The fraction of sp³-hybridized carbons (Fsp3) is 0.667. The van der Waals surface area contributed by atoms with Crippen molar-refractivity contribution in [3.63, 3.8) is 0 Å². The van der Waals surface area contributed by atoms with Gasteiger partial charge in [0, 0.05) is 6.54 Å². The summed E-state index contributed by atoms with van der Waals surface area (Å²) in [5.74, 6) is -0.0358. The Balaban J connectivity index is 2.31. The SMILES string of the molecule is Cc1ncnc(N2CCCCCC2CO)c1F. The number of rotatable bonds is 2. The van der Waals surface area contributed by atoms with Gasteiger partial charge in [-0.25, -0.2) is 14.4 Å². The lowest BCUT2D eigenvalue weighted by Crippen LogP contribution is -2.38. The van der Waals surface area contributed by atoms with E-state index in [0.29, 0.717) is 11.5 Å². The smallest absolute Gasteiger partial charge is 0.186 e. The molecule has 1 aromatic rings. The third-order valence-corrected chi connectivity index (χ3v) is 3.31. The average Bonchev–Trinajstić information content (AvgIpc) is 2.57. The second kappa shape index (κ2) is 5.40. The van der Waals surface area contributed by atoms with Crippen LogP contribution in [0.4, 0.5) is 10.2 Å². The van der Waals surface area contributed by atoms with E-state index in [9.17, 15) is 9.50 Å². The van der Waals surface area contributed by atoms with Crippen LogP contribution in [0.2, 0.25) is 0 Å². The minimum Gasteiger partial charge on any atom is -0.394 e. The van der Waals surface area contributed by atoms with E-state index in [1.807, 2.05) is 4.90 Å². The molecular formula is C12H18FN3O. The van der Waals surface area contributed by atoms with Gasteiger partial charge in [0.15, 0.2) is 11.6 Å². The lowest BCUT2D eigenvalue weighted by atomic mass is 10.1. The quantitative estimate of drug-likeness (QED) is 0.852. The first-order chi connectivity index (χ1) is 8.24. The van der Waals surface area contributed by atoms with Crippen molar-refractivity contribution in [2.24, 2.45) is 0 Å². The van der Waals surface area contributed by atoms with Gasteiger partial charge in [0.25, 0.3) is 0 Å². The topological polar surface area (TPSA) is 49.2 Å². The Morgan fingerprint density at radius 1 is 1.41 bits per heavy atom. The Morgan fingerprint density at radius 3 is 3.00 bits per heavy atom. The first-order valence-electron chi connectivity index (χ1n) is 6.08. The van der Waals surface area contributed by atoms with Gasteiger partial charge >= 0.3 is 0 Å². The minimum atomic E-state index is -0.368. The van der Waals surface area contributed by atoms with Crippen molar-refractivity contribution in [2.45, 2.75) is 38.6 Å². The number of hydrogen-bond donors (Lipinski definition) is 1. The molecule has 1 saturated heterocycles. The Kier molecular flexibility index (Phi) is 3.89. The van der Waals surface area contributed by atoms with Gasteiger partial charge in [0.2, 0.25) is 0 Å². The van der Waals surface area contributed by atoms with Gasteiger partial charge in [-0.05, 0) is 19.8 Å². The maximum Gasteiger partial charge on any atom is 0.186 e. The van der Waals surface area contributed by atoms with Crippen LogP contribution >= 0.6 is 0 Å². The van der Waals surface area contributed by atoms with Crippen molar-refractivity contribution >= 4 is 5.82 Å². The van der Waals surface area contributed by atoms with Crippen molar-refractivity contribution in [1.29, 1.82) is 0 Å². The molecule has 0 aliphatic carbocycles. The van der Waals surface area contributed by atoms with Gasteiger partial charge in [-0.3, -0.25) is 0 Å². The monoisotopic (exact) mass is 239 g/mol. The predicted molar refractivity (Wildman–Crippen MR) is 63.4 cm³/mol. The molecule has 0 aromatic carbocycles. The highest BCUT2D eigenvalue weighted by Crippen LogP contribution is 2.25. The lowest BCUT2D eigenvalue weighted by Gasteiger charge is -2.29. The minimum absolute atomic E-state index is 0.0266. The molecule has 0 bridgehead atoms. The van der Waals surface area contributed by atoms with Crippen molar-refractivity contribution < 1.29 is 9.50 Å². The molecule has 2 heterocycles. The number of hydrogen-bond acceptors (Lipinski definition) is 4. The maximum atomic E-state index is 14.0. The van der Waals surface area contributed by atoms with Crippen LogP contribution in [0.5, 0.6) is 0 Å². The summed E-state index contributed by atoms with van der Waals surface area (Å²) in [6, 6.07) is -0.0266. The second-order valence-electron chi connectivity index (χ2n) is 4.48. The van der Waals surface area contributed by atoms with Crippen LogP contribution in [-0.4, -0.2) is 34.3 Å². The number of aromatic nitrogens is 2. The van der Waals surface area contributed by atoms with Gasteiger partial charge in [0.05, 0.1) is 18.3 Å². The number of aryl methyl sites for hydroxylation is 1. The molecule has 1 fully saturated rings. The molecular weight excluding hydrogens is 221 g/mol. The Labute approximate surface area is 101 Å². The van der Waals surface area contributed by atoms with Crippen molar-refractivity contribution in [3.8, 4) is 0 Å². The van der Waals surface area contributed by atoms with Gasteiger partial charge < -0.3 is 10.0 Å². The fourth-order valence-corrected chi connectivity index (χ4v) is 2.29. The van der Waals surface area contributed by atoms with Crippen LogP contribution in [0.1, 0.15) is 31.4 Å². The Bertz CT molecular complexity index is 386. The van der Waals surface area contributed by atoms with Crippen LogP contribution in [-0.2, 0) is 0 Å². The normalized spacial score (nSPS) is 21.4. The first kappa shape index (κ1) is 12.2. The average molecular weight is 239 g/mol. The Hall–Kier alpha value is -1.23. The number of nitrogens with zero attached hydrogens (tertiary/aromatic N) is 3. The van der Waals surface area contributed by atoms with Crippen LogP contribution in [0.3, 0.4) is 0 Å². The highest BCUT2D eigenvalue weighted by atomic mass is 19.1. The van der Waals surface area contributed by atoms with Crippen LogP contribution in [0.15, 0.2) is 6.33 Å². The molecule has 0 amide bonds. The summed E-state index contributed by atoms with van der Waals surface area (Å²) in [5.41, 5.74) is 0.357. The summed E-state index contributed by atoms with van der Waals surface area (Å²) in [5, 5.41) is 9.40. The molecule has 17 heavy (non-hydrogen) atoms. The molecule has 0 radical (unpaired) electrons. The van der Waals surface area contributed by atoms with Gasteiger partial charge in [-0.2, -0.15) is 0 Å². The van der Waals surface area contributed by atoms with E-state index in [2.05, 4.69) is 9.97 Å². The standard InChI is InChI=1S/C12H18FN3O/c1-9-11(13)12(15-8-14-9)16-6-4-2-3-5-10(16)7-17/h8,10,17H,2-7H2,1H3. The van der Waals surface area contributed by atoms with E-state index < -0.39 is 0 Å². The largest absolute Gasteiger partial charge is 0.394 e. The molecule has 0 spiro atoms. The number of aliphatic hydroxyl groups excluding tert-OH is 1. The summed E-state index contributed by atoms with van der Waals surface area (Å²) in [6.45, 7) is 2.42. The lowest BCUT2D eigenvalue weighted by molar-refractivity contribution is 0.254. The Morgan fingerprint density at radius 2 is 2.24 bits per heavy atom. The zero-order valence-corrected chi connectivity index (χ0v) is 10.1. The van der Waals surface area contributed by atoms with Crippen LogP contribution in [0, 0.1) is 12.7 Å². The van der Waals surface area contributed by atoms with E-state index in [1.165, 1.54) is 6.33 Å². The molecule has 1 N–H and O–H groups in total. The second-order valence-corrected chi connectivity index (χ2v) is 4.48. The summed E-state index contributed by atoms with van der Waals surface area (Å²) >= 11 is 0. The third-order valence-electron chi connectivity index (χ3n) is 3.31. The molecule has 1 aromatic heterocycles. The van der Waals surface area contributed by atoms with Crippen molar-refractivity contribution in [2.75, 3.05) is 18.1 Å². The molecule has 0 saturated carbocycles. The van der Waals surface area contributed by atoms with Gasteiger partial charge in [-0.15, -0.1) is 0 Å². The molecule has 2 rings (SSSR count). The van der Waals surface area contributed by atoms with Crippen LogP contribution in [0.25, 0.3) is 0 Å². The molecule has 1 aliphatic heterocycles. The highest BCUT2D eigenvalue weighted by molar-refractivity contribution is 5.42. The van der Waals surface area contributed by atoms with Crippen molar-refractivity contribution in [3.05, 3.63) is 17.8 Å². The summed E-state index contributed by atoms with van der Waals surface area (Å²) < 4.78 is 14.0. The first-order valence-corrected chi connectivity index (χ1v) is 6.08. The number of aliphatic hydroxyl groups is 1. The molecule has 5 heteroatoms. The molecule has 1 unspecified atom stereocenters. The predicted octanol–water partition coefficient (Wildman–Crippen LogP) is 1.67. The fourth-order valence-electron chi connectivity index (χ4n) is 2.29. The van der Waals surface area contributed by atoms with E-state index in [-0.39, 0.29) is 18.5 Å². The zero-order chi connectivity index (χ0) is 12.3. The molecule has 1 aliphatic rings. The van der Waals surface area contributed by atoms with Gasteiger partial charge in [-0.1, -0.05) is 12.8 Å². The summed E-state index contributed by atoms with van der Waals surface area (Å²) in [4.78, 5) is 9.75. The van der Waals surface area contributed by atoms with Crippen molar-refractivity contribution in [1.82, 2.24) is 9.97 Å². The third kappa shape index (κ3) is 2.54. The highest BCUT2D eigenvalue weighted by Gasteiger charge is 2.24. The number of halogens is 1. The molecule has 1 atom stereocenters. The number of anilines is 1. The zero-order valence-electron chi connectivity index (χ0n) is 10.1. The molecule has 94 valence electrons. The summed E-state index contributed by atoms with van der Waals surface area (Å²) in [7, 11) is 0. The van der Waals surface area contributed by atoms with E-state index in [4.69, 9.17) is 0 Å². The summed E-state index contributed by atoms with van der Waals surface area (Å²) in [6.07, 6.45) is 5.48. The van der Waals surface area contributed by atoms with Crippen LogP contribution < -0.4 is 4.90 Å². The van der Waals surface area contributed by atoms with E-state index in [1.54, 1.807) is 6.92 Å². The van der Waals surface area contributed by atoms with Gasteiger partial charge in [0.1, 0.15) is 6.33 Å². The van der Waals surface area contributed by atoms with E-state index in [0.717, 1.165) is 32.2 Å².